The summed E-state index contributed by atoms with van der Waals surface area (Å²) < 4.78 is 40.6. The smallest absolute Gasteiger partial charge is 0.291 e. The number of nitriles is 1. The summed E-state index contributed by atoms with van der Waals surface area (Å²) in [6.07, 6.45) is -4.54. The van der Waals surface area contributed by atoms with Gasteiger partial charge in [-0.05, 0) is 29.7 Å². The van der Waals surface area contributed by atoms with Crippen LogP contribution in [0.4, 0.5) is 13.2 Å². The fourth-order valence-electron chi connectivity index (χ4n) is 3.08. The van der Waals surface area contributed by atoms with Gasteiger partial charge < -0.3 is 0 Å². The molecule has 4 nitrogen and oxygen atoms in total. The number of rotatable bonds is 4. The van der Waals surface area contributed by atoms with Gasteiger partial charge in [-0.2, -0.15) is 18.4 Å². The fourth-order valence-corrected chi connectivity index (χ4v) is 3.08. The summed E-state index contributed by atoms with van der Waals surface area (Å²) in [5.74, 6) is -0.712. The van der Waals surface area contributed by atoms with Gasteiger partial charge in [0.1, 0.15) is 11.7 Å². The molecule has 1 unspecified atom stereocenters. The van der Waals surface area contributed by atoms with Crippen molar-refractivity contribution in [2.75, 3.05) is 0 Å². The molecule has 0 spiro atoms. The molecular weight excluding hydrogens is 367 g/mol. The highest BCUT2D eigenvalue weighted by Crippen LogP contribution is 2.31. The predicted molar refractivity (Wildman–Crippen MR) is 99.7 cm³/mol. The van der Waals surface area contributed by atoms with Gasteiger partial charge in [-0.25, -0.2) is 4.98 Å². The quantitative estimate of drug-likeness (QED) is 0.653. The van der Waals surface area contributed by atoms with Crippen LogP contribution in [0, 0.1) is 17.2 Å². The summed E-state index contributed by atoms with van der Waals surface area (Å²) >= 11 is 0. The van der Waals surface area contributed by atoms with Crippen LogP contribution in [0.3, 0.4) is 0 Å². The molecule has 1 atom stereocenters. The molecule has 0 N–H and O–H groups in total. The first-order chi connectivity index (χ1) is 13.2. The van der Waals surface area contributed by atoms with Crippen molar-refractivity contribution in [2.24, 2.45) is 5.92 Å². The van der Waals surface area contributed by atoms with E-state index in [1.807, 2.05) is 44.2 Å². The predicted octanol–water partition coefficient (Wildman–Crippen LogP) is 4.73. The summed E-state index contributed by atoms with van der Waals surface area (Å²) in [6.45, 7) is 3.80. The average molecular weight is 385 g/mol. The Kier molecular flexibility index (Phi) is 5.23. The third-order valence-corrected chi connectivity index (χ3v) is 4.58. The van der Waals surface area contributed by atoms with Crippen LogP contribution in [-0.4, -0.2) is 9.55 Å². The third kappa shape index (κ3) is 3.77. The zero-order valence-corrected chi connectivity index (χ0v) is 15.4. The number of nitrogens with zero attached hydrogens (tertiary/aromatic N) is 3. The highest BCUT2D eigenvalue weighted by atomic mass is 19.4. The maximum absolute atomic E-state index is 13.1. The standard InChI is InChI=1S/C21H18F3N3O/c1-13(2)17(11-25)19-26-18-10-15(21(22,23)24)8-9-16(18)20(28)27(19)12-14-6-4-3-5-7-14/h3-10,13,17H,12H2,1-2H3. The van der Waals surface area contributed by atoms with Gasteiger partial charge in [-0.1, -0.05) is 44.2 Å². The van der Waals surface area contributed by atoms with Crippen molar-refractivity contribution in [3.8, 4) is 6.07 Å². The van der Waals surface area contributed by atoms with E-state index in [-0.39, 0.29) is 29.2 Å². The molecule has 0 aliphatic carbocycles. The maximum atomic E-state index is 13.1. The number of alkyl halides is 3. The van der Waals surface area contributed by atoms with Crippen molar-refractivity contribution in [3.63, 3.8) is 0 Å². The van der Waals surface area contributed by atoms with Crippen LogP contribution >= 0.6 is 0 Å². The van der Waals surface area contributed by atoms with Crippen molar-refractivity contribution in [1.29, 1.82) is 5.26 Å². The lowest BCUT2D eigenvalue weighted by Gasteiger charge is -2.19. The second-order valence-corrected chi connectivity index (χ2v) is 6.93. The largest absolute Gasteiger partial charge is 0.416 e. The van der Waals surface area contributed by atoms with Crippen LogP contribution in [0.5, 0.6) is 0 Å². The number of fused-ring (bicyclic) bond motifs is 1. The first-order valence-electron chi connectivity index (χ1n) is 8.77. The lowest BCUT2D eigenvalue weighted by molar-refractivity contribution is -0.137. The Labute approximate surface area is 159 Å². The highest BCUT2D eigenvalue weighted by molar-refractivity contribution is 5.78. The normalized spacial score (nSPS) is 12.9. The number of aromatic nitrogens is 2. The van der Waals surface area contributed by atoms with E-state index in [2.05, 4.69) is 11.1 Å². The zero-order valence-electron chi connectivity index (χ0n) is 15.4. The molecule has 0 saturated carbocycles. The molecule has 3 aromatic rings. The molecule has 0 amide bonds. The summed E-state index contributed by atoms with van der Waals surface area (Å²) in [5.41, 5.74) is -0.561. The van der Waals surface area contributed by atoms with E-state index in [1.165, 1.54) is 4.57 Å². The van der Waals surface area contributed by atoms with Gasteiger partial charge in [-0.15, -0.1) is 0 Å². The van der Waals surface area contributed by atoms with E-state index in [0.717, 1.165) is 23.8 Å². The number of hydrogen-bond acceptors (Lipinski definition) is 3. The highest BCUT2D eigenvalue weighted by Gasteiger charge is 2.31. The number of halogens is 3. The second kappa shape index (κ2) is 7.47. The number of hydrogen-bond donors (Lipinski definition) is 0. The summed E-state index contributed by atoms with van der Waals surface area (Å²) in [6, 6.07) is 14.2. The molecule has 0 fully saturated rings. The van der Waals surface area contributed by atoms with Crippen LogP contribution in [-0.2, 0) is 12.7 Å². The van der Waals surface area contributed by atoms with Crippen molar-refractivity contribution in [3.05, 3.63) is 75.8 Å². The first-order valence-corrected chi connectivity index (χ1v) is 8.77. The molecule has 0 bridgehead atoms. The Morgan fingerprint density at radius 3 is 2.39 bits per heavy atom. The maximum Gasteiger partial charge on any atom is 0.416 e. The lowest BCUT2D eigenvalue weighted by Crippen LogP contribution is -2.29. The topological polar surface area (TPSA) is 58.7 Å². The SMILES string of the molecule is CC(C)C(C#N)c1nc2cc(C(F)(F)F)ccc2c(=O)n1Cc1ccccc1. The Balaban J connectivity index is 2.28. The minimum Gasteiger partial charge on any atom is -0.291 e. The molecule has 2 aromatic carbocycles. The summed E-state index contributed by atoms with van der Waals surface area (Å²) in [7, 11) is 0. The molecule has 0 radical (unpaired) electrons. The van der Waals surface area contributed by atoms with Gasteiger partial charge in [0.2, 0.25) is 0 Å². The fraction of sp³-hybridized carbons (Fsp3) is 0.286. The van der Waals surface area contributed by atoms with Crippen LogP contribution in [0.25, 0.3) is 10.9 Å². The van der Waals surface area contributed by atoms with E-state index in [0.29, 0.717) is 0 Å². The molecule has 1 aromatic heterocycles. The Morgan fingerprint density at radius 1 is 1.14 bits per heavy atom. The van der Waals surface area contributed by atoms with E-state index >= 15 is 0 Å². The van der Waals surface area contributed by atoms with Gasteiger partial charge >= 0.3 is 6.18 Å². The van der Waals surface area contributed by atoms with Crippen molar-refractivity contribution in [1.82, 2.24) is 9.55 Å². The summed E-state index contributed by atoms with van der Waals surface area (Å²) in [4.78, 5) is 17.4. The molecule has 3 rings (SSSR count). The summed E-state index contributed by atoms with van der Waals surface area (Å²) in [5, 5.41) is 9.69. The molecule has 0 aliphatic heterocycles. The van der Waals surface area contributed by atoms with Crippen molar-refractivity contribution in [2.45, 2.75) is 32.5 Å². The van der Waals surface area contributed by atoms with Crippen LogP contribution in [0.15, 0.2) is 53.3 Å². The molecular formula is C21H18F3N3O. The van der Waals surface area contributed by atoms with E-state index in [4.69, 9.17) is 0 Å². The minimum absolute atomic E-state index is 0.0555. The van der Waals surface area contributed by atoms with Gasteiger partial charge in [0.05, 0.1) is 29.1 Å². The molecule has 0 saturated heterocycles. The van der Waals surface area contributed by atoms with Gasteiger partial charge in [0.15, 0.2) is 0 Å². The molecule has 28 heavy (non-hydrogen) atoms. The molecule has 1 heterocycles. The van der Waals surface area contributed by atoms with Crippen molar-refractivity contribution < 1.29 is 13.2 Å². The van der Waals surface area contributed by atoms with E-state index < -0.39 is 23.2 Å². The number of benzene rings is 2. The van der Waals surface area contributed by atoms with Gasteiger partial charge in [0.25, 0.3) is 5.56 Å². The van der Waals surface area contributed by atoms with Gasteiger partial charge in [-0.3, -0.25) is 9.36 Å². The van der Waals surface area contributed by atoms with E-state index in [9.17, 15) is 23.2 Å². The molecule has 144 valence electrons. The Bertz CT molecular complexity index is 1100. The van der Waals surface area contributed by atoms with Crippen molar-refractivity contribution >= 4 is 10.9 Å². The Hall–Kier alpha value is -3.14. The second-order valence-electron chi connectivity index (χ2n) is 6.93. The van der Waals surface area contributed by atoms with Crippen LogP contribution < -0.4 is 5.56 Å². The molecule has 0 aliphatic rings. The zero-order chi connectivity index (χ0) is 20.5. The van der Waals surface area contributed by atoms with Crippen LogP contribution in [0.2, 0.25) is 0 Å². The monoisotopic (exact) mass is 385 g/mol. The lowest BCUT2D eigenvalue weighted by atomic mass is 9.96. The van der Waals surface area contributed by atoms with E-state index in [1.54, 1.807) is 0 Å². The van der Waals surface area contributed by atoms with Crippen LogP contribution in [0.1, 0.15) is 36.7 Å². The molecule has 7 heteroatoms. The minimum atomic E-state index is -4.54. The Morgan fingerprint density at radius 2 is 1.82 bits per heavy atom. The average Bonchev–Trinajstić information content (AvgIpc) is 2.64. The third-order valence-electron chi connectivity index (χ3n) is 4.58. The first kappa shape index (κ1) is 19.6. The van der Waals surface area contributed by atoms with Gasteiger partial charge in [0, 0.05) is 0 Å².